The number of amides is 1. The molecule has 1 amide bonds. The number of rotatable bonds is 6. The predicted molar refractivity (Wildman–Crippen MR) is 88.9 cm³/mol. The molecule has 0 spiro atoms. The fraction of sp³-hybridized carbons (Fsp3) is 0.824. The smallest absolute Gasteiger partial charge is 0.410 e. The standard InChI is InChI=1S/C17H32N2O3/c1-6-17(5,13-20)12-18-11-14-7-9-19(10-8-14)15(21)22-16(2,3)4/h7,18,20H,6,8-13H2,1-5H3. The molecule has 22 heavy (non-hydrogen) atoms. The van der Waals surface area contributed by atoms with Crippen LogP contribution >= 0.6 is 0 Å². The van der Waals surface area contributed by atoms with Gasteiger partial charge in [-0.3, -0.25) is 0 Å². The van der Waals surface area contributed by atoms with Crippen LogP contribution < -0.4 is 5.32 Å². The molecule has 0 saturated carbocycles. The van der Waals surface area contributed by atoms with Crippen LogP contribution in [-0.4, -0.2) is 54.5 Å². The average molecular weight is 312 g/mol. The fourth-order valence-corrected chi connectivity index (χ4v) is 2.18. The number of hydrogen-bond acceptors (Lipinski definition) is 4. The Bertz CT molecular complexity index is 395. The quantitative estimate of drug-likeness (QED) is 0.740. The normalized spacial score (nSPS) is 18.6. The van der Waals surface area contributed by atoms with Gasteiger partial charge in [0.15, 0.2) is 0 Å². The van der Waals surface area contributed by atoms with Crippen molar-refractivity contribution in [2.75, 3.05) is 32.8 Å². The Morgan fingerprint density at radius 3 is 2.55 bits per heavy atom. The zero-order valence-electron chi connectivity index (χ0n) is 14.7. The molecule has 128 valence electrons. The molecule has 1 unspecified atom stereocenters. The van der Waals surface area contributed by atoms with Crippen molar-refractivity contribution >= 4 is 6.09 Å². The number of hydrogen-bond donors (Lipinski definition) is 2. The van der Waals surface area contributed by atoms with Gasteiger partial charge in [0.1, 0.15) is 5.60 Å². The topological polar surface area (TPSA) is 61.8 Å². The number of carbonyl (C=O) groups is 1. The molecular weight excluding hydrogens is 280 g/mol. The largest absolute Gasteiger partial charge is 0.444 e. The molecule has 1 aliphatic heterocycles. The summed E-state index contributed by atoms with van der Waals surface area (Å²) in [5, 5.41) is 12.8. The van der Waals surface area contributed by atoms with Crippen molar-refractivity contribution in [3.8, 4) is 0 Å². The van der Waals surface area contributed by atoms with Crippen LogP contribution in [0.25, 0.3) is 0 Å². The molecule has 0 aromatic carbocycles. The lowest BCUT2D eigenvalue weighted by atomic mass is 9.88. The summed E-state index contributed by atoms with van der Waals surface area (Å²) in [6.07, 6.45) is 3.67. The van der Waals surface area contributed by atoms with Gasteiger partial charge in [-0.2, -0.15) is 0 Å². The number of nitrogens with one attached hydrogen (secondary N) is 1. The Morgan fingerprint density at radius 1 is 1.41 bits per heavy atom. The van der Waals surface area contributed by atoms with Crippen LogP contribution in [0.5, 0.6) is 0 Å². The van der Waals surface area contributed by atoms with E-state index in [1.165, 1.54) is 5.57 Å². The molecule has 0 bridgehead atoms. The third-order valence-electron chi connectivity index (χ3n) is 4.09. The maximum Gasteiger partial charge on any atom is 0.410 e. The van der Waals surface area contributed by atoms with E-state index >= 15 is 0 Å². The SMILES string of the molecule is CCC(C)(CO)CNCC1=CCN(C(=O)OC(C)(C)C)CC1. The van der Waals surface area contributed by atoms with Crippen molar-refractivity contribution in [2.45, 2.75) is 53.1 Å². The molecule has 1 heterocycles. The Hall–Kier alpha value is -1.07. The maximum absolute atomic E-state index is 12.0. The highest BCUT2D eigenvalue weighted by molar-refractivity contribution is 5.68. The van der Waals surface area contributed by atoms with Crippen LogP contribution in [0.3, 0.4) is 0 Å². The fourth-order valence-electron chi connectivity index (χ4n) is 2.18. The Morgan fingerprint density at radius 2 is 2.09 bits per heavy atom. The van der Waals surface area contributed by atoms with Gasteiger partial charge in [-0.05, 0) is 33.6 Å². The van der Waals surface area contributed by atoms with Crippen molar-refractivity contribution in [3.63, 3.8) is 0 Å². The Kier molecular flexibility index (Phi) is 6.88. The lowest BCUT2D eigenvalue weighted by Gasteiger charge is -2.30. The summed E-state index contributed by atoms with van der Waals surface area (Å²) in [4.78, 5) is 13.7. The molecule has 1 aliphatic rings. The molecular formula is C17H32N2O3. The van der Waals surface area contributed by atoms with Crippen LogP contribution in [0, 0.1) is 5.41 Å². The highest BCUT2D eigenvalue weighted by atomic mass is 16.6. The summed E-state index contributed by atoms with van der Waals surface area (Å²) in [6, 6.07) is 0. The molecule has 5 heteroatoms. The van der Waals surface area contributed by atoms with Gasteiger partial charge >= 0.3 is 6.09 Å². The first-order valence-corrected chi connectivity index (χ1v) is 8.16. The summed E-state index contributed by atoms with van der Waals surface area (Å²) in [5.74, 6) is 0. The van der Waals surface area contributed by atoms with E-state index in [9.17, 15) is 9.90 Å². The zero-order valence-corrected chi connectivity index (χ0v) is 14.7. The molecule has 5 nitrogen and oxygen atoms in total. The van der Waals surface area contributed by atoms with Crippen LogP contribution in [0.4, 0.5) is 4.79 Å². The summed E-state index contributed by atoms with van der Waals surface area (Å²) < 4.78 is 5.38. The predicted octanol–water partition coefficient (Wildman–Crippen LogP) is 2.55. The second-order valence-corrected chi connectivity index (χ2v) is 7.46. The molecule has 0 aromatic rings. The van der Waals surface area contributed by atoms with E-state index in [0.717, 1.165) is 25.9 Å². The first-order valence-electron chi connectivity index (χ1n) is 8.16. The van der Waals surface area contributed by atoms with Gasteiger partial charge in [-0.25, -0.2) is 4.79 Å². The highest BCUT2D eigenvalue weighted by Gasteiger charge is 2.24. The van der Waals surface area contributed by atoms with Crippen LogP contribution in [-0.2, 0) is 4.74 Å². The number of ether oxygens (including phenoxy) is 1. The summed E-state index contributed by atoms with van der Waals surface area (Å²) >= 11 is 0. The van der Waals surface area contributed by atoms with E-state index in [2.05, 4.69) is 25.2 Å². The second-order valence-electron chi connectivity index (χ2n) is 7.46. The minimum atomic E-state index is -0.447. The Labute approximate surface area is 134 Å². The molecule has 1 rings (SSSR count). The first kappa shape index (κ1) is 19.0. The third-order valence-corrected chi connectivity index (χ3v) is 4.09. The van der Waals surface area contributed by atoms with Gasteiger partial charge < -0.3 is 20.1 Å². The minimum absolute atomic E-state index is 0.0578. The summed E-state index contributed by atoms with van der Waals surface area (Å²) in [5.41, 5.74) is 0.811. The lowest BCUT2D eigenvalue weighted by Crippen LogP contribution is -2.40. The van der Waals surface area contributed by atoms with Crippen molar-refractivity contribution in [3.05, 3.63) is 11.6 Å². The van der Waals surface area contributed by atoms with Crippen molar-refractivity contribution in [1.82, 2.24) is 10.2 Å². The minimum Gasteiger partial charge on any atom is -0.444 e. The van der Waals surface area contributed by atoms with E-state index < -0.39 is 5.60 Å². The van der Waals surface area contributed by atoms with Gasteiger partial charge in [0.05, 0.1) is 0 Å². The van der Waals surface area contributed by atoms with Crippen LogP contribution in [0.2, 0.25) is 0 Å². The maximum atomic E-state index is 12.0. The van der Waals surface area contributed by atoms with Gasteiger partial charge in [0, 0.05) is 38.2 Å². The molecule has 1 atom stereocenters. The van der Waals surface area contributed by atoms with Crippen molar-refractivity contribution in [1.29, 1.82) is 0 Å². The molecule has 0 aromatic heterocycles. The Balaban J connectivity index is 2.37. The molecule has 0 saturated heterocycles. The van der Waals surface area contributed by atoms with Crippen LogP contribution in [0.1, 0.15) is 47.5 Å². The highest BCUT2D eigenvalue weighted by Crippen LogP contribution is 2.19. The second kappa shape index (κ2) is 7.97. The zero-order chi connectivity index (χ0) is 16.8. The van der Waals surface area contributed by atoms with Gasteiger partial charge in [-0.15, -0.1) is 0 Å². The number of nitrogens with zero attached hydrogens (tertiary/aromatic N) is 1. The van der Waals surface area contributed by atoms with Gasteiger partial charge in [0.25, 0.3) is 0 Å². The number of aliphatic hydroxyl groups is 1. The van der Waals surface area contributed by atoms with Crippen molar-refractivity contribution < 1.29 is 14.6 Å². The first-order chi connectivity index (χ1) is 10.2. The van der Waals surface area contributed by atoms with Gasteiger partial charge in [-0.1, -0.05) is 25.5 Å². The summed E-state index contributed by atoms with van der Waals surface area (Å²) in [7, 11) is 0. The average Bonchev–Trinajstić information content (AvgIpc) is 2.46. The molecule has 0 aliphatic carbocycles. The van der Waals surface area contributed by atoms with E-state index in [1.54, 1.807) is 4.90 Å². The number of aliphatic hydroxyl groups excluding tert-OH is 1. The number of carbonyl (C=O) groups excluding carboxylic acids is 1. The van der Waals surface area contributed by atoms with Crippen molar-refractivity contribution in [2.24, 2.45) is 5.41 Å². The molecule has 2 N–H and O–H groups in total. The third kappa shape index (κ3) is 6.36. The van der Waals surface area contributed by atoms with Gasteiger partial charge in [0.2, 0.25) is 0 Å². The van der Waals surface area contributed by atoms with E-state index in [4.69, 9.17) is 4.74 Å². The monoisotopic (exact) mass is 312 g/mol. The van der Waals surface area contributed by atoms with E-state index in [1.807, 2.05) is 20.8 Å². The van der Waals surface area contributed by atoms with Crippen LogP contribution in [0.15, 0.2) is 11.6 Å². The molecule has 0 fully saturated rings. The molecule has 0 radical (unpaired) electrons. The lowest BCUT2D eigenvalue weighted by molar-refractivity contribution is 0.0265. The summed E-state index contributed by atoms with van der Waals surface area (Å²) in [6.45, 7) is 12.9. The van der Waals surface area contributed by atoms with E-state index in [0.29, 0.717) is 13.1 Å². The van der Waals surface area contributed by atoms with E-state index in [-0.39, 0.29) is 18.1 Å².